The number of hydrogen-bond donors (Lipinski definition) is 0. The molecule has 0 aromatic heterocycles. The molecule has 0 unspecified atom stereocenters. The van der Waals surface area contributed by atoms with Crippen molar-refractivity contribution in [2.75, 3.05) is 19.0 Å². The molecule has 0 bridgehead atoms. The Hall–Kier alpha value is -1.23. The Morgan fingerprint density at radius 2 is 1.80 bits per heavy atom. The van der Waals surface area contributed by atoms with Gasteiger partial charge in [0.2, 0.25) is 5.91 Å². The van der Waals surface area contributed by atoms with E-state index in [1.54, 1.807) is 4.90 Å². The van der Waals surface area contributed by atoms with E-state index in [9.17, 15) is 18.0 Å². The Morgan fingerprint density at radius 1 is 1.20 bits per heavy atom. The summed E-state index contributed by atoms with van der Waals surface area (Å²) in [6.07, 6.45) is -3.44. The van der Waals surface area contributed by atoms with Gasteiger partial charge in [0.1, 0.15) is 0 Å². The van der Waals surface area contributed by atoms with Gasteiger partial charge in [-0.15, -0.1) is 11.6 Å². The number of carbonyl (C=O) groups is 1. The molecule has 0 radical (unpaired) electrons. The molecule has 1 amide bonds. The number of halogens is 4. The summed E-state index contributed by atoms with van der Waals surface area (Å²) in [5.41, 5.74) is -0.140. The van der Waals surface area contributed by atoms with Crippen molar-refractivity contribution in [2.24, 2.45) is 0 Å². The van der Waals surface area contributed by atoms with Gasteiger partial charge in [0.15, 0.2) is 0 Å². The molecule has 0 aliphatic heterocycles. The Labute approximate surface area is 121 Å². The Bertz CT molecular complexity index is 425. The van der Waals surface area contributed by atoms with Gasteiger partial charge >= 0.3 is 6.18 Å². The minimum Gasteiger partial charge on any atom is -0.341 e. The second kappa shape index (κ2) is 7.53. The fourth-order valence-electron chi connectivity index (χ4n) is 1.83. The number of carbonyl (C=O) groups excluding carboxylic acids is 1. The maximum absolute atomic E-state index is 12.4. The summed E-state index contributed by atoms with van der Waals surface area (Å²) in [6.45, 7) is 3.01. The largest absolute Gasteiger partial charge is 0.416 e. The van der Waals surface area contributed by atoms with E-state index in [4.69, 9.17) is 11.6 Å². The van der Waals surface area contributed by atoms with E-state index in [2.05, 4.69) is 0 Å². The smallest absolute Gasteiger partial charge is 0.341 e. The van der Waals surface area contributed by atoms with Crippen molar-refractivity contribution >= 4 is 17.5 Å². The van der Waals surface area contributed by atoms with Crippen LogP contribution in [0.5, 0.6) is 0 Å². The third-order valence-electron chi connectivity index (χ3n) is 2.84. The van der Waals surface area contributed by atoms with E-state index in [0.717, 1.165) is 18.6 Å². The predicted octanol–water partition coefficient (Wildman–Crippen LogP) is 3.73. The van der Waals surface area contributed by atoms with Gasteiger partial charge in [-0.1, -0.05) is 19.1 Å². The lowest BCUT2D eigenvalue weighted by molar-refractivity contribution is -0.137. The molecule has 1 rings (SSSR count). The van der Waals surface area contributed by atoms with Crippen molar-refractivity contribution in [1.29, 1.82) is 0 Å². The van der Waals surface area contributed by atoms with E-state index in [-0.39, 0.29) is 12.3 Å². The van der Waals surface area contributed by atoms with Crippen LogP contribution < -0.4 is 0 Å². The highest BCUT2D eigenvalue weighted by atomic mass is 35.5. The summed E-state index contributed by atoms with van der Waals surface area (Å²) in [5.74, 6) is 0.228. The van der Waals surface area contributed by atoms with Crippen molar-refractivity contribution in [3.05, 3.63) is 35.4 Å². The standard InChI is InChI=1S/C14H17ClF3NO/c1-2-8-19(9-7-15)13(20)10-11-3-5-12(6-4-11)14(16,17)18/h3-6H,2,7-10H2,1H3. The Balaban J connectivity index is 2.70. The second-order valence-corrected chi connectivity index (χ2v) is 4.82. The van der Waals surface area contributed by atoms with Crippen LogP contribution in [0, 0.1) is 0 Å². The van der Waals surface area contributed by atoms with E-state index in [1.807, 2.05) is 6.92 Å². The third kappa shape index (κ3) is 5.04. The molecule has 112 valence electrons. The van der Waals surface area contributed by atoms with Crippen LogP contribution in [0.1, 0.15) is 24.5 Å². The van der Waals surface area contributed by atoms with Gasteiger partial charge in [0.05, 0.1) is 12.0 Å². The maximum atomic E-state index is 12.4. The van der Waals surface area contributed by atoms with Crippen molar-refractivity contribution < 1.29 is 18.0 Å². The van der Waals surface area contributed by atoms with Crippen molar-refractivity contribution in [3.8, 4) is 0 Å². The van der Waals surface area contributed by atoms with Crippen molar-refractivity contribution in [2.45, 2.75) is 25.9 Å². The first-order chi connectivity index (χ1) is 9.38. The monoisotopic (exact) mass is 307 g/mol. The molecule has 6 heteroatoms. The minimum absolute atomic E-state index is 0.0923. The second-order valence-electron chi connectivity index (χ2n) is 4.44. The molecule has 0 aliphatic carbocycles. The van der Waals surface area contributed by atoms with Crippen LogP contribution in [0.4, 0.5) is 13.2 Å². The molecule has 1 aromatic rings. The normalized spacial score (nSPS) is 11.4. The van der Waals surface area contributed by atoms with Gasteiger partial charge in [-0.05, 0) is 24.1 Å². The van der Waals surface area contributed by atoms with Gasteiger partial charge in [-0.2, -0.15) is 13.2 Å². The third-order valence-corrected chi connectivity index (χ3v) is 3.01. The van der Waals surface area contributed by atoms with Crippen LogP contribution in [-0.2, 0) is 17.4 Å². The van der Waals surface area contributed by atoms with Crippen molar-refractivity contribution in [1.82, 2.24) is 4.90 Å². The zero-order chi connectivity index (χ0) is 15.2. The quantitative estimate of drug-likeness (QED) is 0.733. The van der Waals surface area contributed by atoms with Gasteiger partial charge < -0.3 is 4.90 Å². The average molecular weight is 308 g/mol. The van der Waals surface area contributed by atoms with E-state index >= 15 is 0 Å². The molecular weight excluding hydrogens is 291 g/mol. The summed E-state index contributed by atoms with van der Waals surface area (Å²) in [4.78, 5) is 13.6. The molecule has 0 fully saturated rings. The summed E-state index contributed by atoms with van der Waals surface area (Å²) in [7, 11) is 0. The lowest BCUT2D eigenvalue weighted by atomic mass is 10.1. The van der Waals surface area contributed by atoms with Crippen LogP contribution in [0.3, 0.4) is 0 Å². The lowest BCUT2D eigenvalue weighted by Gasteiger charge is -2.21. The molecule has 1 aromatic carbocycles. The summed E-state index contributed by atoms with van der Waals surface area (Å²) >= 11 is 5.63. The molecule has 0 N–H and O–H groups in total. The van der Waals surface area contributed by atoms with Crippen LogP contribution in [-0.4, -0.2) is 29.8 Å². The first-order valence-corrected chi connectivity index (χ1v) is 6.91. The highest BCUT2D eigenvalue weighted by Crippen LogP contribution is 2.29. The summed E-state index contributed by atoms with van der Waals surface area (Å²) in [5, 5.41) is 0. The number of alkyl halides is 4. The van der Waals surface area contributed by atoms with Gasteiger partial charge in [-0.25, -0.2) is 0 Å². The van der Waals surface area contributed by atoms with E-state index < -0.39 is 11.7 Å². The fraction of sp³-hybridized carbons (Fsp3) is 0.500. The van der Waals surface area contributed by atoms with Crippen LogP contribution in [0.2, 0.25) is 0 Å². The predicted molar refractivity (Wildman–Crippen MR) is 72.7 cm³/mol. The summed E-state index contributed by atoms with van der Waals surface area (Å²) < 4.78 is 37.3. The molecule has 0 atom stereocenters. The van der Waals surface area contributed by atoms with Gasteiger partial charge in [0, 0.05) is 19.0 Å². The molecule has 20 heavy (non-hydrogen) atoms. The first-order valence-electron chi connectivity index (χ1n) is 6.38. The van der Waals surface area contributed by atoms with E-state index in [1.165, 1.54) is 12.1 Å². The van der Waals surface area contributed by atoms with Gasteiger partial charge in [-0.3, -0.25) is 4.79 Å². The number of rotatable bonds is 6. The molecule has 2 nitrogen and oxygen atoms in total. The SMILES string of the molecule is CCCN(CCCl)C(=O)Cc1ccc(C(F)(F)F)cc1. The molecule has 0 saturated carbocycles. The molecular formula is C14H17ClF3NO. The number of amides is 1. The number of benzene rings is 1. The maximum Gasteiger partial charge on any atom is 0.416 e. The summed E-state index contributed by atoms with van der Waals surface area (Å²) in [6, 6.07) is 4.67. The lowest BCUT2D eigenvalue weighted by Crippen LogP contribution is -2.34. The zero-order valence-electron chi connectivity index (χ0n) is 11.2. The Morgan fingerprint density at radius 3 is 2.25 bits per heavy atom. The topological polar surface area (TPSA) is 20.3 Å². The molecule has 0 heterocycles. The first kappa shape index (κ1) is 16.8. The fourth-order valence-corrected chi connectivity index (χ4v) is 2.04. The molecule has 0 saturated heterocycles. The highest BCUT2D eigenvalue weighted by molar-refractivity contribution is 6.18. The number of nitrogens with zero attached hydrogens (tertiary/aromatic N) is 1. The van der Waals surface area contributed by atoms with Gasteiger partial charge in [0.25, 0.3) is 0 Å². The van der Waals surface area contributed by atoms with Crippen LogP contribution in [0.25, 0.3) is 0 Å². The van der Waals surface area contributed by atoms with E-state index in [0.29, 0.717) is 24.5 Å². The highest BCUT2D eigenvalue weighted by Gasteiger charge is 2.30. The Kier molecular flexibility index (Phi) is 6.33. The van der Waals surface area contributed by atoms with Crippen LogP contribution >= 0.6 is 11.6 Å². The molecule has 0 spiro atoms. The van der Waals surface area contributed by atoms with Crippen LogP contribution in [0.15, 0.2) is 24.3 Å². The average Bonchev–Trinajstić information content (AvgIpc) is 2.38. The van der Waals surface area contributed by atoms with Crippen molar-refractivity contribution in [3.63, 3.8) is 0 Å². The molecule has 0 aliphatic rings. The zero-order valence-corrected chi connectivity index (χ0v) is 12.0. The number of hydrogen-bond acceptors (Lipinski definition) is 1. The minimum atomic E-state index is -4.35.